The molecule has 0 aliphatic rings. The molecule has 2 heterocycles. The van der Waals surface area contributed by atoms with Crippen molar-refractivity contribution in [1.29, 1.82) is 0 Å². The van der Waals surface area contributed by atoms with E-state index in [2.05, 4.69) is 20.6 Å². The fourth-order valence-corrected chi connectivity index (χ4v) is 3.20. The minimum absolute atomic E-state index is 0.187. The number of pyridine rings is 1. The Bertz CT molecular complexity index is 1140. The first-order valence-electron chi connectivity index (χ1n) is 8.77. The molecule has 0 saturated heterocycles. The Balaban J connectivity index is 1.70. The predicted octanol–water partition coefficient (Wildman–Crippen LogP) is 4.57. The summed E-state index contributed by atoms with van der Waals surface area (Å²) in [4.78, 5) is 17.1. The molecule has 0 aliphatic carbocycles. The fraction of sp³-hybridized carbons (Fsp3) is 0.0476. The number of hydrogen-bond acceptors (Lipinski definition) is 4. The average molecular weight is 424 g/mol. The molecule has 2 aromatic heterocycles. The molecule has 29 heavy (non-hydrogen) atoms. The monoisotopic (exact) mass is 423 g/mol. The van der Waals surface area contributed by atoms with Crippen molar-refractivity contribution in [2.45, 2.75) is 6.54 Å². The molecule has 0 radical (unpaired) electrons. The molecule has 2 aromatic carbocycles. The van der Waals surface area contributed by atoms with Gasteiger partial charge in [-0.15, -0.1) is 5.10 Å². The van der Waals surface area contributed by atoms with Gasteiger partial charge in [0.2, 0.25) is 0 Å². The van der Waals surface area contributed by atoms with Crippen LogP contribution in [-0.2, 0) is 6.54 Å². The van der Waals surface area contributed by atoms with Gasteiger partial charge < -0.3 is 5.32 Å². The Hall–Kier alpha value is -3.22. The van der Waals surface area contributed by atoms with E-state index in [1.54, 1.807) is 41.3 Å². The standard InChI is InChI=1S/C21H15Cl2N5O/c22-16-9-7-14(8-10-16)12-25-21(29)19-20(15-4-3-11-24-13-15)28(27-26-19)18-6-2-1-5-17(18)23/h1-11,13H,12H2,(H,25,29). The lowest BCUT2D eigenvalue weighted by Crippen LogP contribution is -2.24. The van der Waals surface area contributed by atoms with Gasteiger partial charge in [0.1, 0.15) is 5.69 Å². The fourth-order valence-electron chi connectivity index (χ4n) is 2.86. The van der Waals surface area contributed by atoms with Gasteiger partial charge in [-0.25, -0.2) is 4.68 Å². The summed E-state index contributed by atoms with van der Waals surface area (Å²) in [5.41, 5.74) is 2.95. The topological polar surface area (TPSA) is 72.7 Å². The molecule has 144 valence electrons. The highest BCUT2D eigenvalue weighted by Gasteiger charge is 2.23. The summed E-state index contributed by atoms with van der Waals surface area (Å²) < 4.78 is 1.55. The van der Waals surface area contributed by atoms with Crippen LogP contribution >= 0.6 is 23.2 Å². The highest BCUT2D eigenvalue weighted by atomic mass is 35.5. The molecule has 1 N–H and O–H groups in total. The maximum absolute atomic E-state index is 12.9. The molecule has 4 rings (SSSR count). The molecule has 0 saturated carbocycles. The lowest BCUT2D eigenvalue weighted by atomic mass is 10.1. The molecule has 0 atom stereocenters. The lowest BCUT2D eigenvalue weighted by molar-refractivity contribution is 0.0946. The van der Waals surface area contributed by atoms with E-state index in [9.17, 15) is 4.79 Å². The van der Waals surface area contributed by atoms with Crippen molar-refractivity contribution < 1.29 is 4.79 Å². The van der Waals surface area contributed by atoms with E-state index >= 15 is 0 Å². The number of carbonyl (C=O) groups is 1. The number of carbonyl (C=O) groups excluding carboxylic acids is 1. The molecule has 0 spiro atoms. The van der Waals surface area contributed by atoms with Crippen molar-refractivity contribution in [2.75, 3.05) is 0 Å². The molecule has 0 aliphatic heterocycles. The zero-order chi connectivity index (χ0) is 20.2. The van der Waals surface area contributed by atoms with Gasteiger partial charge >= 0.3 is 0 Å². The summed E-state index contributed by atoms with van der Waals surface area (Å²) in [6.45, 7) is 0.335. The predicted molar refractivity (Wildman–Crippen MR) is 112 cm³/mol. The van der Waals surface area contributed by atoms with Crippen molar-refractivity contribution >= 4 is 29.1 Å². The van der Waals surface area contributed by atoms with Crippen LogP contribution in [0.5, 0.6) is 0 Å². The summed E-state index contributed by atoms with van der Waals surface area (Å²) in [7, 11) is 0. The number of halogens is 2. The molecule has 0 fully saturated rings. The number of hydrogen-bond donors (Lipinski definition) is 1. The Morgan fingerprint density at radius 2 is 1.79 bits per heavy atom. The van der Waals surface area contributed by atoms with Crippen molar-refractivity contribution in [1.82, 2.24) is 25.3 Å². The van der Waals surface area contributed by atoms with Gasteiger partial charge in [0.05, 0.1) is 10.7 Å². The smallest absolute Gasteiger partial charge is 0.274 e. The molecule has 0 bridgehead atoms. The highest BCUT2D eigenvalue weighted by Crippen LogP contribution is 2.28. The summed E-state index contributed by atoms with van der Waals surface area (Å²) in [5.74, 6) is -0.350. The average Bonchev–Trinajstić information content (AvgIpc) is 3.19. The minimum Gasteiger partial charge on any atom is -0.346 e. The van der Waals surface area contributed by atoms with Crippen LogP contribution in [0.1, 0.15) is 16.1 Å². The number of nitrogens with zero attached hydrogens (tertiary/aromatic N) is 4. The van der Waals surface area contributed by atoms with Gasteiger partial charge in [-0.05, 0) is 42.0 Å². The molecule has 8 heteroatoms. The second-order valence-electron chi connectivity index (χ2n) is 6.20. The first-order valence-corrected chi connectivity index (χ1v) is 9.53. The summed E-state index contributed by atoms with van der Waals surface area (Å²) in [6.07, 6.45) is 3.31. The van der Waals surface area contributed by atoms with Gasteiger partial charge in [-0.3, -0.25) is 9.78 Å². The summed E-state index contributed by atoms with van der Waals surface area (Å²) in [5, 5.41) is 12.3. The number of para-hydroxylation sites is 1. The van der Waals surface area contributed by atoms with Crippen molar-refractivity contribution in [3.05, 3.63) is 94.4 Å². The van der Waals surface area contributed by atoms with Crippen molar-refractivity contribution in [3.8, 4) is 16.9 Å². The largest absolute Gasteiger partial charge is 0.346 e. The van der Waals surface area contributed by atoms with E-state index in [-0.39, 0.29) is 11.6 Å². The third-order valence-electron chi connectivity index (χ3n) is 4.27. The second kappa shape index (κ2) is 8.43. The Morgan fingerprint density at radius 3 is 2.52 bits per heavy atom. The van der Waals surface area contributed by atoms with Gasteiger partial charge in [0, 0.05) is 29.5 Å². The highest BCUT2D eigenvalue weighted by molar-refractivity contribution is 6.32. The van der Waals surface area contributed by atoms with E-state index in [0.717, 1.165) is 5.56 Å². The zero-order valence-corrected chi connectivity index (χ0v) is 16.6. The zero-order valence-electron chi connectivity index (χ0n) is 15.1. The molecule has 6 nitrogen and oxygen atoms in total. The van der Waals surface area contributed by atoms with Crippen molar-refractivity contribution in [2.24, 2.45) is 0 Å². The van der Waals surface area contributed by atoms with E-state index in [0.29, 0.717) is 33.5 Å². The number of nitrogens with one attached hydrogen (secondary N) is 1. The van der Waals surface area contributed by atoms with E-state index in [1.165, 1.54) is 0 Å². The summed E-state index contributed by atoms with van der Waals surface area (Å²) in [6, 6.07) is 18.1. The van der Waals surface area contributed by atoms with E-state index in [1.807, 2.05) is 36.4 Å². The van der Waals surface area contributed by atoms with Crippen molar-refractivity contribution in [3.63, 3.8) is 0 Å². The Kier molecular flexibility index (Phi) is 5.55. The molecule has 0 unspecified atom stereocenters. The normalized spacial score (nSPS) is 10.7. The Labute approximate surface area is 177 Å². The third kappa shape index (κ3) is 4.13. The maximum atomic E-state index is 12.9. The molecular weight excluding hydrogens is 409 g/mol. The SMILES string of the molecule is O=C(NCc1ccc(Cl)cc1)c1nnn(-c2ccccc2Cl)c1-c1cccnc1. The first kappa shape index (κ1) is 19.1. The van der Waals surface area contributed by atoms with Gasteiger partial charge in [-0.1, -0.05) is 52.7 Å². The van der Waals surface area contributed by atoms with Crippen LogP contribution in [0.2, 0.25) is 10.0 Å². The van der Waals surface area contributed by atoms with Crippen LogP contribution in [-0.4, -0.2) is 25.9 Å². The molecule has 4 aromatic rings. The van der Waals surface area contributed by atoms with Crippen LogP contribution in [0.15, 0.2) is 73.1 Å². The van der Waals surface area contributed by atoms with Crippen LogP contribution in [0, 0.1) is 0 Å². The molecular formula is C21H15Cl2N5O. The second-order valence-corrected chi connectivity index (χ2v) is 7.04. The van der Waals surface area contributed by atoms with E-state index < -0.39 is 0 Å². The number of amides is 1. The van der Waals surface area contributed by atoms with Crippen LogP contribution < -0.4 is 5.32 Å². The van der Waals surface area contributed by atoms with Crippen LogP contribution in [0.4, 0.5) is 0 Å². The van der Waals surface area contributed by atoms with Gasteiger partial charge in [-0.2, -0.15) is 0 Å². The van der Waals surface area contributed by atoms with Crippen LogP contribution in [0.3, 0.4) is 0 Å². The van der Waals surface area contributed by atoms with E-state index in [4.69, 9.17) is 23.2 Å². The Morgan fingerprint density at radius 1 is 1.00 bits per heavy atom. The van der Waals surface area contributed by atoms with Gasteiger partial charge in [0.25, 0.3) is 5.91 Å². The number of rotatable bonds is 5. The lowest BCUT2D eigenvalue weighted by Gasteiger charge is -2.10. The minimum atomic E-state index is -0.350. The quantitative estimate of drug-likeness (QED) is 0.510. The maximum Gasteiger partial charge on any atom is 0.274 e. The number of aromatic nitrogens is 4. The van der Waals surface area contributed by atoms with Gasteiger partial charge in [0.15, 0.2) is 5.69 Å². The van der Waals surface area contributed by atoms with Crippen LogP contribution in [0.25, 0.3) is 16.9 Å². The summed E-state index contributed by atoms with van der Waals surface area (Å²) >= 11 is 12.3. The molecule has 1 amide bonds. The number of benzene rings is 2. The first-order chi connectivity index (χ1) is 14.1. The third-order valence-corrected chi connectivity index (χ3v) is 4.84.